The summed E-state index contributed by atoms with van der Waals surface area (Å²) in [6.07, 6.45) is 5.22. The van der Waals surface area contributed by atoms with Crippen LogP contribution < -0.4 is 10.0 Å². The maximum Gasteiger partial charge on any atom is 0.277 e. The van der Waals surface area contributed by atoms with Crippen molar-refractivity contribution in [3.8, 4) is 0 Å². The minimum absolute atomic E-state index is 0.142. The average Bonchev–Trinajstić information content (AvgIpc) is 3.27. The lowest BCUT2D eigenvalue weighted by Gasteiger charge is -2.09. The highest BCUT2D eigenvalue weighted by atomic mass is 32.2. The van der Waals surface area contributed by atoms with Crippen molar-refractivity contribution >= 4 is 49.6 Å². The molecule has 1 aliphatic rings. The summed E-state index contributed by atoms with van der Waals surface area (Å²) in [6, 6.07) is 0. The minimum Gasteiger partial charge on any atom is -0.302 e. The van der Waals surface area contributed by atoms with Gasteiger partial charge in [-0.25, -0.2) is 23.1 Å². The number of aromatic nitrogens is 2. The van der Waals surface area contributed by atoms with Crippen molar-refractivity contribution in [2.75, 3.05) is 5.32 Å². The van der Waals surface area contributed by atoms with Crippen LogP contribution in [0.5, 0.6) is 0 Å². The molecule has 8 nitrogen and oxygen atoms in total. The van der Waals surface area contributed by atoms with Gasteiger partial charge in [-0.05, 0) is 12.8 Å². The molecule has 0 saturated heterocycles. The fourth-order valence-electron chi connectivity index (χ4n) is 2.73. The van der Waals surface area contributed by atoms with Crippen LogP contribution in [-0.2, 0) is 14.8 Å². The van der Waals surface area contributed by atoms with Gasteiger partial charge in [0.1, 0.15) is 4.88 Å². The number of carbonyl (C=O) groups excluding carboxylic acids is 2. The first-order chi connectivity index (χ1) is 11.9. The number of nitrogens with one attached hydrogen (secondary N) is 2. The Morgan fingerprint density at radius 2 is 1.96 bits per heavy atom. The zero-order valence-electron chi connectivity index (χ0n) is 13.3. The molecule has 1 fully saturated rings. The molecule has 11 heteroatoms. The van der Waals surface area contributed by atoms with Crippen molar-refractivity contribution in [3.05, 3.63) is 22.3 Å². The maximum atomic E-state index is 12.5. The second-order valence-electron chi connectivity index (χ2n) is 5.65. The molecule has 25 heavy (non-hydrogen) atoms. The summed E-state index contributed by atoms with van der Waals surface area (Å²) in [5.74, 6) is -0.823. The Bertz CT molecular complexity index is 897. The van der Waals surface area contributed by atoms with Gasteiger partial charge in [-0.15, -0.1) is 11.3 Å². The van der Waals surface area contributed by atoms with Gasteiger partial charge in [0, 0.05) is 12.8 Å². The molecular formula is C14H16N4O4S3. The van der Waals surface area contributed by atoms with Gasteiger partial charge in [-0.2, -0.15) is 0 Å². The molecule has 0 radical (unpaired) electrons. The second kappa shape index (κ2) is 7.18. The number of amides is 2. The predicted octanol–water partition coefficient (Wildman–Crippen LogP) is 2.33. The number of sulfonamides is 1. The molecule has 0 bridgehead atoms. The number of thiazole rings is 2. The SMILES string of the molecule is CC(=O)Nc1ncc(S(=O)(=O)NC(=O)c2scnc2C2CCCC2)s1. The van der Waals surface area contributed by atoms with Crippen molar-refractivity contribution in [1.29, 1.82) is 0 Å². The highest BCUT2D eigenvalue weighted by molar-refractivity contribution is 7.92. The lowest BCUT2D eigenvalue weighted by Crippen LogP contribution is -2.30. The van der Waals surface area contributed by atoms with E-state index in [1.165, 1.54) is 6.92 Å². The number of carbonyl (C=O) groups is 2. The van der Waals surface area contributed by atoms with Crippen molar-refractivity contribution in [3.63, 3.8) is 0 Å². The van der Waals surface area contributed by atoms with E-state index in [4.69, 9.17) is 0 Å². The molecule has 1 saturated carbocycles. The Morgan fingerprint density at radius 3 is 2.64 bits per heavy atom. The summed E-state index contributed by atoms with van der Waals surface area (Å²) in [6.45, 7) is 1.30. The first-order valence-corrected chi connectivity index (χ1v) is 10.8. The lowest BCUT2D eigenvalue weighted by molar-refractivity contribution is -0.114. The van der Waals surface area contributed by atoms with E-state index in [0.717, 1.165) is 54.6 Å². The Hall–Kier alpha value is -1.85. The van der Waals surface area contributed by atoms with Crippen molar-refractivity contribution < 1.29 is 18.0 Å². The molecule has 134 valence electrons. The standard InChI is InChI=1S/C14H16N4O4S3/c1-8(19)17-14-15-6-10(24-14)25(21,22)18-13(20)12-11(16-7-23-12)9-4-2-3-5-9/h6-7,9H,2-5H2,1H3,(H,18,20)(H,15,17,19). The van der Waals surface area contributed by atoms with Crippen LogP contribution in [0, 0.1) is 0 Å². The van der Waals surface area contributed by atoms with E-state index in [1.54, 1.807) is 5.51 Å². The van der Waals surface area contributed by atoms with E-state index in [2.05, 4.69) is 20.0 Å². The lowest BCUT2D eigenvalue weighted by atomic mass is 10.0. The Morgan fingerprint density at radius 1 is 1.24 bits per heavy atom. The van der Waals surface area contributed by atoms with E-state index >= 15 is 0 Å². The Balaban J connectivity index is 1.77. The third kappa shape index (κ3) is 4.05. The van der Waals surface area contributed by atoms with Crippen LogP contribution in [0.1, 0.15) is 53.9 Å². The number of anilines is 1. The molecule has 0 aromatic carbocycles. The van der Waals surface area contributed by atoms with Crippen LogP contribution >= 0.6 is 22.7 Å². The molecule has 3 rings (SSSR count). The highest BCUT2D eigenvalue weighted by Gasteiger charge is 2.28. The van der Waals surface area contributed by atoms with Crippen LogP contribution in [0.3, 0.4) is 0 Å². The third-order valence-electron chi connectivity index (χ3n) is 3.80. The fourth-order valence-corrected chi connectivity index (χ4v) is 5.59. The van der Waals surface area contributed by atoms with Crippen molar-refractivity contribution in [2.24, 2.45) is 0 Å². The first kappa shape index (κ1) is 18.0. The fraction of sp³-hybridized carbons (Fsp3) is 0.429. The summed E-state index contributed by atoms with van der Waals surface area (Å²) in [5, 5.41) is 2.56. The van der Waals surface area contributed by atoms with Crippen molar-refractivity contribution in [2.45, 2.75) is 42.7 Å². The Kier molecular flexibility index (Phi) is 5.16. The summed E-state index contributed by atoms with van der Waals surface area (Å²) >= 11 is 1.92. The van der Waals surface area contributed by atoms with E-state index < -0.39 is 15.9 Å². The van der Waals surface area contributed by atoms with Crippen LogP contribution in [0.25, 0.3) is 0 Å². The predicted molar refractivity (Wildman–Crippen MR) is 94.4 cm³/mol. The summed E-state index contributed by atoms with van der Waals surface area (Å²) in [5.41, 5.74) is 2.25. The minimum atomic E-state index is -4.06. The number of hydrogen-bond acceptors (Lipinski definition) is 8. The van der Waals surface area contributed by atoms with Crippen LogP contribution in [0.2, 0.25) is 0 Å². The molecule has 0 atom stereocenters. The quantitative estimate of drug-likeness (QED) is 0.795. The van der Waals surface area contributed by atoms with Gasteiger partial charge in [0.15, 0.2) is 9.34 Å². The number of nitrogens with zero attached hydrogens (tertiary/aromatic N) is 2. The highest BCUT2D eigenvalue weighted by Crippen LogP contribution is 2.36. The normalized spacial score (nSPS) is 15.2. The van der Waals surface area contributed by atoms with Gasteiger partial charge in [-0.3, -0.25) is 9.59 Å². The molecule has 0 unspecified atom stereocenters. The summed E-state index contributed by atoms with van der Waals surface area (Å²) < 4.78 is 26.7. The van der Waals surface area contributed by atoms with Crippen LogP contribution in [-0.4, -0.2) is 30.2 Å². The second-order valence-corrected chi connectivity index (χ2v) is 9.44. The zero-order valence-corrected chi connectivity index (χ0v) is 15.8. The summed E-state index contributed by atoms with van der Waals surface area (Å²) in [7, 11) is -4.06. The van der Waals surface area contributed by atoms with E-state index in [-0.39, 0.29) is 21.2 Å². The summed E-state index contributed by atoms with van der Waals surface area (Å²) in [4.78, 5) is 31.9. The molecular weight excluding hydrogens is 384 g/mol. The topological polar surface area (TPSA) is 118 Å². The maximum absolute atomic E-state index is 12.5. The van der Waals surface area contributed by atoms with Gasteiger partial charge in [0.05, 0.1) is 17.4 Å². The van der Waals surface area contributed by atoms with E-state index in [9.17, 15) is 18.0 Å². The monoisotopic (exact) mass is 400 g/mol. The van der Waals surface area contributed by atoms with Gasteiger partial charge < -0.3 is 5.32 Å². The molecule has 2 heterocycles. The number of rotatable bonds is 5. The molecule has 0 aliphatic heterocycles. The van der Waals surface area contributed by atoms with Gasteiger partial charge >= 0.3 is 0 Å². The molecule has 0 spiro atoms. The molecule has 2 aromatic heterocycles. The third-order valence-corrected chi connectivity index (χ3v) is 7.35. The molecule has 2 aromatic rings. The van der Waals surface area contributed by atoms with E-state index in [0.29, 0.717) is 10.6 Å². The van der Waals surface area contributed by atoms with Crippen LogP contribution in [0.4, 0.5) is 5.13 Å². The van der Waals surface area contributed by atoms with E-state index in [1.807, 2.05) is 0 Å². The zero-order chi connectivity index (χ0) is 18.0. The van der Waals surface area contributed by atoms with Crippen LogP contribution in [0.15, 0.2) is 15.9 Å². The largest absolute Gasteiger partial charge is 0.302 e. The molecule has 2 amide bonds. The first-order valence-electron chi connectivity index (χ1n) is 7.61. The molecule has 1 aliphatic carbocycles. The van der Waals surface area contributed by atoms with Gasteiger partial charge in [0.25, 0.3) is 15.9 Å². The van der Waals surface area contributed by atoms with Gasteiger partial charge in [-0.1, -0.05) is 24.2 Å². The molecule has 2 N–H and O–H groups in total. The Labute approximate surface area is 152 Å². The van der Waals surface area contributed by atoms with Gasteiger partial charge in [0.2, 0.25) is 5.91 Å². The number of hydrogen-bond donors (Lipinski definition) is 2. The smallest absolute Gasteiger partial charge is 0.277 e. The average molecular weight is 401 g/mol. The van der Waals surface area contributed by atoms with Crippen molar-refractivity contribution in [1.82, 2.24) is 14.7 Å².